The van der Waals surface area contributed by atoms with Gasteiger partial charge in [0, 0.05) is 7.05 Å². The molecule has 0 fully saturated rings. The van der Waals surface area contributed by atoms with Crippen LogP contribution in [0.2, 0.25) is 5.02 Å². The Morgan fingerprint density at radius 2 is 1.85 bits per heavy atom. The fourth-order valence-corrected chi connectivity index (χ4v) is 2.41. The lowest BCUT2D eigenvalue weighted by Crippen LogP contribution is -2.11. The van der Waals surface area contributed by atoms with E-state index < -0.39 is 6.10 Å². The summed E-state index contributed by atoms with van der Waals surface area (Å²) in [7, 11) is 3.58. The number of benzene rings is 2. The maximum Gasteiger partial charge on any atom is 0.142 e. The van der Waals surface area contributed by atoms with Gasteiger partial charge < -0.3 is 14.7 Å². The fraction of sp³-hybridized carbons (Fsp3) is 0.250. The number of aliphatic hydroxyl groups is 1. The number of hydrogen-bond acceptors (Lipinski definition) is 3. The standard InChI is InChI=1S/C16H18ClNO2/c1-11(19)12-8-9-14(13(17)10-12)18(2)15-6-4-5-7-16(15)20-3/h4-11,19H,1-3H3/t11-/m0/s1. The van der Waals surface area contributed by atoms with E-state index in [2.05, 4.69) is 0 Å². The molecule has 2 rings (SSSR count). The van der Waals surface area contributed by atoms with Crippen LogP contribution < -0.4 is 9.64 Å². The Kier molecular flexibility index (Phi) is 4.53. The molecule has 0 radical (unpaired) electrons. The molecule has 2 aromatic carbocycles. The zero-order valence-corrected chi connectivity index (χ0v) is 12.6. The molecule has 0 bridgehead atoms. The van der Waals surface area contributed by atoms with Crippen molar-refractivity contribution in [3.8, 4) is 5.75 Å². The number of anilines is 2. The summed E-state index contributed by atoms with van der Waals surface area (Å²) in [6, 6.07) is 13.3. The van der Waals surface area contributed by atoms with E-state index in [1.165, 1.54) is 0 Å². The largest absolute Gasteiger partial charge is 0.495 e. The van der Waals surface area contributed by atoms with Crippen molar-refractivity contribution in [1.29, 1.82) is 0 Å². The van der Waals surface area contributed by atoms with E-state index in [1.807, 2.05) is 48.3 Å². The Labute approximate surface area is 124 Å². The van der Waals surface area contributed by atoms with E-state index >= 15 is 0 Å². The minimum absolute atomic E-state index is 0.530. The molecular weight excluding hydrogens is 274 g/mol. The summed E-state index contributed by atoms with van der Waals surface area (Å²) in [4.78, 5) is 1.97. The van der Waals surface area contributed by atoms with Crippen LogP contribution in [0.4, 0.5) is 11.4 Å². The van der Waals surface area contributed by atoms with Gasteiger partial charge in [0.05, 0.1) is 29.6 Å². The average molecular weight is 292 g/mol. The Morgan fingerprint density at radius 1 is 1.15 bits per heavy atom. The highest BCUT2D eigenvalue weighted by Crippen LogP contribution is 2.36. The number of methoxy groups -OCH3 is 1. The van der Waals surface area contributed by atoms with Crippen LogP contribution in [0.3, 0.4) is 0 Å². The minimum atomic E-state index is -0.530. The number of rotatable bonds is 4. The zero-order valence-electron chi connectivity index (χ0n) is 11.8. The Hall–Kier alpha value is -1.71. The summed E-state index contributed by atoms with van der Waals surface area (Å²) in [5.74, 6) is 0.783. The molecule has 0 saturated carbocycles. The lowest BCUT2D eigenvalue weighted by Gasteiger charge is -2.23. The quantitative estimate of drug-likeness (QED) is 0.918. The molecule has 0 aliphatic heterocycles. The number of aliphatic hydroxyl groups excluding tert-OH is 1. The first-order chi connectivity index (χ1) is 9.54. The van der Waals surface area contributed by atoms with E-state index in [0.717, 1.165) is 22.7 Å². The highest BCUT2D eigenvalue weighted by molar-refractivity contribution is 6.33. The van der Waals surface area contributed by atoms with Crippen LogP contribution in [0.1, 0.15) is 18.6 Å². The van der Waals surface area contributed by atoms with Gasteiger partial charge in [0.1, 0.15) is 5.75 Å². The van der Waals surface area contributed by atoms with E-state index in [9.17, 15) is 5.11 Å². The van der Waals surface area contributed by atoms with Gasteiger partial charge >= 0.3 is 0 Å². The van der Waals surface area contributed by atoms with Crippen molar-refractivity contribution in [2.75, 3.05) is 19.1 Å². The number of nitrogens with zero attached hydrogens (tertiary/aromatic N) is 1. The maximum absolute atomic E-state index is 9.58. The van der Waals surface area contributed by atoms with Crippen molar-refractivity contribution in [2.45, 2.75) is 13.0 Å². The molecule has 0 amide bonds. The van der Waals surface area contributed by atoms with Gasteiger partial charge in [-0.2, -0.15) is 0 Å². The second-order valence-corrected chi connectivity index (χ2v) is 5.02. The Bertz CT molecular complexity index is 599. The van der Waals surface area contributed by atoms with Gasteiger partial charge in [-0.25, -0.2) is 0 Å². The first-order valence-corrected chi connectivity index (χ1v) is 6.76. The maximum atomic E-state index is 9.58. The third-order valence-electron chi connectivity index (χ3n) is 3.26. The molecule has 20 heavy (non-hydrogen) atoms. The second kappa shape index (κ2) is 6.16. The normalized spacial score (nSPS) is 12.1. The molecule has 1 N–H and O–H groups in total. The predicted octanol–water partition coefficient (Wildman–Crippen LogP) is 4.17. The van der Waals surface area contributed by atoms with Crippen LogP contribution in [0.5, 0.6) is 5.75 Å². The van der Waals surface area contributed by atoms with Crippen molar-refractivity contribution in [3.63, 3.8) is 0 Å². The van der Waals surface area contributed by atoms with Gasteiger partial charge in [0.15, 0.2) is 0 Å². The highest BCUT2D eigenvalue weighted by Gasteiger charge is 2.13. The van der Waals surface area contributed by atoms with E-state index in [-0.39, 0.29) is 0 Å². The molecule has 0 saturated heterocycles. The van der Waals surface area contributed by atoms with E-state index in [0.29, 0.717) is 5.02 Å². The van der Waals surface area contributed by atoms with Crippen LogP contribution >= 0.6 is 11.6 Å². The van der Waals surface area contributed by atoms with Gasteiger partial charge in [-0.15, -0.1) is 0 Å². The van der Waals surface area contributed by atoms with Crippen LogP contribution in [-0.4, -0.2) is 19.3 Å². The molecule has 0 aromatic heterocycles. The third-order valence-corrected chi connectivity index (χ3v) is 3.56. The molecule has 2 aromatic rings. The summed E-state index contributed by atoms with van der Waals surface area (Å²) < 4.78 is 5.37. The summed E-state index contributed by atoms with van der Waals surface area (Å²) in [5.41, 5.74) is 2.59. The SMILES string of the molecule is COc1ccccc1N(C)c1ccc([C@H](C)O)cc1Cl. The van der Waals surface area contributed by atoms with Gasteiger partial charge in [-0.1, -0.05) is 29.8 Å². The van der Waals surface area contributed by atoms with Crippen LogP contribution in [-0.2, 0) is 0 Å². The van der Waals surface area contributed by atoms with Crippen LogP contribution in [0.25, 0.3) is 0 Å². The van der Waals surface area contributed by atoms with Crippen molar-refractivity contribution < 1.29 is 9.84 Å². The average Bonchev–Trinajstić information content (AvgIpc) is 2.46. The van der Waals surface area contributed by atoms with Crippen molar-refractivity contribution in [2.24, 2.45) is 0 Å². The third kappa shape index (κ3) is 2.89. The van der Waals surface area contributed by atoms with Crippen LogP contribution in [0.15, 0.2) is 42.5 Å². The Balaban J connectivity index is 2.40. The van der Waals surface area contributed by atoms with E-state index in [1.54, 1.807) is 20.1 Å². The van der Waals surface area contributed by atoms with Gasteiger partial charge in [-0.3, -0.25) is 0 Å². The second-order valence-electron chi connectivity index (χ2n) is 4.62. The number of para-hydroxylation sites is 2. The van der Waals surface area contributed by atoms with E-state index in [4.69, 9.17) is 16.3 Å². The van der Waals surface area contributed by atoms with Gasteiger partial charge in [0.2, 0.25) is 0 Å². The molecule has 0 aliphatic rings. The molecule has 0 spiro atoms. The van der Waals surface area contributed by atoms with Crippen molar-refractivity contribution in [3.05, 3.63) is 53.1 Å². The highest BCUT2D eigenvalue weighted by atomic mass is 35.5. The Morgan fingerprint density at radius 3 is 2.45 bits per heavy atom. The monoisotopic (exact) mass is 291 g/mol. The smallest absolute Gasteiger partial charge is 0.142 e. The molecular formula is C16H18ClNO2. The first kappa shape index (κ1) is 14.7. The topological polar surface area (TPSA) is 32.7 Å². The summed E-state index contributed by atoms with van der Waals surface area (Å²) >= 11 is 6.32. The van der Waals surface area contributed by atoms with Gasteiger partial charge in [-0.05, 0) is 36.8 Å². The number of hydrogen-bond donors (Lipinski definition) is 1. The predicted molar refractivity (Wildman–Crippen MR) is 83.1 cm³/mol. The first-order valence-electron chi connectivity index (χ1n) is 6.39. The number of ether oxygens (including phenoxy) is 1. The fourth-order valence-electron chi connectivity index (χ4n) is 2.09. The van der Waals surface area contributed by atoms with Crippen LogP contribution in [0, 0.1) is 0 Å². The molecule has 0 heterocycles. The summed E-state index contributed by atoms with van der Waals surface area (Å²) in [5, 5.41) is 10.2. The molecule has 4 heteroatoms. The lowest BCUT2D eigenvalue weighted by atomic mass is 10.1. The molecule has 0 aliphatic carbocycles. The summed E-state index contributed by atoms with van der Waals surface area (Å²) in [6.45, 7) is 1.72. The number of halogens is 1. The lowest BCUT2D eigenvalue weighted by molar-refractivity contribution is 0.199. The minimum Gasteiger partial charge on any atom is -0.495 e. The summed E-state index contributed by atoms with van der Waals surface area (Å²) in [6.07, 6.45) is -0.530. The molecule has 3 nitrogen and oxygen atoms in total. The van der Waals surface area contributed by atoms with Crippen molar-refractivity contribution >= 4 is 23.0 Å². The zero-order chi connectivity index (χ0) is 14.7. The van der Waals surface area contributed by atoms with Crippen molar-refractivity contribution in [1.82, 2.24) is 0 Å². The van der Waals surface area contributed by atoms with Gasteiger partial charge in [0.25, 0.3) is 0 Å². The molecule has 106 valence electrons. The molecule has 1 atom stereocenters. The molecule has 0 unspecified atom stereocenters.